The zero-order valence-corrected chi connectivity index (χ0v) is 16.1. The van der Waals surface area contributed by atoms with Crippen molar-refractivity contribution >= 4 is 17.7 Å². The Balaban J connectivity index is 1.51. The molecule has 0 saturated heterocycles. The highest BCUT2D eigenvalue weighted by molar-refractivity contribution is 7.99. The third-order valence-corrected chi connectivity index (χ3v) is 5.66. The van der Waals surface area contributed by atoms with Crippen LogP contribution in [-0.4, -0.2) is 33.1 Å². The van der Waals surface area contributed by atoms with Crippen molar-refractivity contribution in [1.82, 2.24) is 14.9 Å². The van der Waals surface area contributed by atoms with Crippen molar-refractivity contribution in [2.75, 3.05) is 17.3 Å². The zero-order chi connectivity index (χ0) is 18.1. The standard InChI is InChI=1S/C19H24N4O2S/c1-13(2)10-18(24)22-8-9-26-19-21-20-17(23(19)22)12-25-16-7-6-14-4-3-5-15(14)11-16/h6-7,11,13H,3-5,8-10,12H2,1-2H3. The second-order valence-corrected chi connectivity index (χ2v) is 8.31. The topological polar surface area (TPSA) is 60.3 Å². The summed E-state index contributed by atoms with van der Waals surface area (Å²) in [5, 5.41) is 11.0. The molecular weight excluding hydrogens is 348 g/mol. The molecule has 0 radical (unpaired) electrons. The highest BCUT2D eigenvalue weighted by atomic mass is 32.2. The average Bonchev–Trinajstić information content (AvgIpc) is 3.25. The van der Waals surface area contributed by atoms with Crippen LogP contribution < -0.4 is 9.75 Å². The highest BCUT2D eigenvalue weighted by Gasteiger charge is 2.27. The Labute approximate surface area is 157 Å². The number of carbonyl (C=O) groups excluding carboxylic acids is 1. The quantitative estimate of drug-likeness (QED) is 0.808. The molecular formula is C19H24N4O2S. The first-order chi connectivity index (χ1) is 12.6. The largest absolute Gasteiger partial charge is 0.486 e. The van der Waals surface area contributed by atoms with E-state index in [1.807, 2.05) is 10.7 Å². The van der Waals surface area contributed by atoms with Gasteiger partial charge in [0.15, 0.2) is 5.82 Å². The Hall–Kier alpha value is -2.02. The van der Waals surface area contributed by atoms with Crippen molar-refractivity contribution in [3.8, 4) is 5.75 Å². The number of amides is 1. The van der Waals surface area contributed by atoms with E-state index in [0.717, 1.165) is 29.5 Å². The van der Waals surface area contributed by atoms with Gasteiger partial charge in [-0.05, 0) is 48.4 Å². The molecule has 1 aromatic carbocycles. The van der Waals surface area contributed by atoms with E-state index in [1.165, 1.54) is 17.5 Å². The smallest absolute Gasteiger partial charge is 0.241 e. The van der Waals surface area contributed by atoms with E-state index in [9.17, 15) is 4.79 Å². The molecule has 1 amide bonds. The minimum atomic E-state index is 0.111. The van der Waals surface area contributed by atoms with Gasteiger partial charge in [-0.3, -0.25) is 4.79 Å². The predicted molar refractivity (Wildman–Crippen MR) is 101 cm³/mol. The third-order valence-electron chi connectivity index (χ3n) is 4.76. The summed E-state index contributed by atoms with van der Waals surface area (Å²) in [6.07, 6.45) is 4.03. The van der Waals surface area contributed by atoms with Crippen LogP contribution in [0.25, 0.3) is 0 Å². The molecule has 0 saturated carbocycles. The number of thioether (sulfide) groups is 1. The van der Waals surface area contributed by atoms with Gasteiger partial charge in [0.25, 0.3) is 0 Å². The average molecular weight is 372 g/mol. The van der Waals surface area contributed by atoms with Gasteiger partial charge in [-0.25, -0.2) is 9.69 Å². The van der Waals surface area contributed by atoms with Gasteiger partial charge in [0.2, 0.25) is 11.1 Å². The molecule has 2 heterocycles. The first-order valence-corrected chi connectivity index (χ1v) is 10.2. The molecule has 0 N–H and O–H groups in total. The van der Waals surface area contributed by atoms with E-state index >= 15 is 0 Å². The lowest BCUT2D eigenvalue weighted by molar-refractivity contribution is -0.121. The summed E-state index contributed by atoms with van der Waals surface area (Å²) in [5.74, 6) is 2.80. The van der Waals surface area contributed by atoms with E-state index in [1.54, 1.807) is 16.8 Å². The molecule has 7 heteroatoms. The van der Waals surface area contributed by atoms with Crippen LogP contribution in [0.5, 0.6) is 5.75 Å². The fraction of sp³-hybridized carbons (Fsp3) is 0.526. The number of aromatic nitrogens is 3. The first kappa shape index (κ1) is 17.4. The Morgan fingerprint density at radius 2 is 2.12 bits per heavy atom. The molecule has 138 valence electrons. The van der Waals surface area contributed by atoms with E-state index in [4.69, 9.17) is 4.74 Å². The molecule has 1 aromatic heterocycles. The first-order valence-electron chi connectivity index (χ1n) is 9.24. The summed E-state index contributed by atoms with van der Waals surface area (Å²) >= 11 is 1.63. The van der Waals surface area contributed by atoms with E-state index in [-0.39, 0.29) is 5.91 Å². The number of carbonyl (C=O) groups is 1. The summed E-state index contributed by atoms with van der Waals surface area (Å²) in [6.45, 7) is 5.09. The third kappa shape index (κ3) is 3.45. The van der Waals surface area contributed by atoms with Crippen molar-refractivity contribution in [3.05, 3.63) is 35.2 Å². The van der Waals surface area contributed by atoms with Crippen LogP contribution in [0.2, 0.25) is 0 Å². The number of ether oxygens (including phenoxy) is 1. The van der Waals surface area contributed by atoms with Gasteiger partial charge < -0.3 is 4.74 Å². The Morgan fingerprint density at radius 3 is 2.96 bits per heavy atom. The van der Waals surface area contributed by atoms with Gasteiger partial charge in [-0.1, -0.05) is 31.7 Å². The lowest BCUT2D eigenvalue weighted by Crippen LogP contribution is -2.46. The van der Waals surface area contributed by atoms with E-state index < -0.39 is 0 Å². The molecule has 1 aliphatic heterocycles. The number of benzene rings is 1. The van der Waals surface area contributed by atoms with Crippen LogP contribution in [0.1, 0.15) is 43.6 Å². The molecule has 6 nitrogen and oxygen atoms in total. The molecule has 2 aliphatic rings. The lowest BCUT2D eigenvalue weighted by Gasteiger charge is -2.29. The number of hydrogen-bond donors (Lipinski definition) is 0. The van der Waals surface area contributed by atoms with Gasteiger partial charge in [0.1, 0.15) is 12.4 Å². The van der Waals surface area contributed by atoms with Crippen LogP contribution in [0.3, 0.4) is 0 Å². The van der Waals surface area contributed by atoms with Gasteiger partial charge in [0.05, 0.1) is 6.54 Å². The molecule has 4 rings (SSSR count). The van der Waals surface area contributed by atoms with Crippen LogP contribution >= 0.6 is 11.8 Å². The molecule has 0 bridgehead atoms. The highest BCUT2D eigenvalue weighted by Crippen LogP contribution is 2.27. The van der Waals surface area contributed by atoms with Crippen molar-refractivity contribution in [3.63, 3.8) is 0 Å². The molecule has 0 atom stereocenters. The van der Waals surface area contributed by atoms with Gasteiger partial charge in [-0.15, -0.1) is 10.2 Å². The fourth-order valence-electron chi connectivity index (χ4n) is 3.52. The number of fused-ring (bicyclic) bond motifs is 2. The van der Waals surface area contributed by atoms with Crippen LogP contribution in [-0.2, 0) is 24.2 Å². The second-order valence-electron chi connectivity index (χ2n) is 7.25. The lowest BCUT2D eigenvalue weighted by atomic mass is 10.1. The van der Waals surface area contributed by atoms with Gasteiger partial charge in [0, 0.05) is 12.2 Å². The summed E-state index contributed by atoms with van der Waals surface area (Å²) < 4.78 is 7.82. The SMILES string of the molecule is CC(C)CC(=O)N1CCSc2nnc(COc3ccc4c(c3)CCC4)n21. The molecule has 1 aliphatic carbocycles. The normalized spacial score (nSPS) is 15.9. The Morgan fingerprint density at radius 1 is 1.27 bits per heavy atom. The van der Waals surface area contributed by atoms with E-state index in [2.05, 4.69) is 36.2 Å². The Bertz CT molecular complexity index is 818. The maximum Gasteiger partial charge on any atom is 0.241 e. The summed E-state index contributed by atoms with van der Waals surface area (Å²) in [7, 11) is 0. The molecule has 2 aromatic rings. The predicted octanol–water partition coefficient (Wildman–Crippen LogP) is 2.96. The molecule has 0 unspecified atom stereocenters. The maximum atomic E-state index is 12.6. The molecule has 0 spiro atoms. The molecule has 26 heavy (non-hydrogen) atoms. The molecule has 0 fully saturated rings. The van der Waals surface area contributed by atoms with Crippen molar-refractivity contribution in [1.29, 1.82) is 0 Å². The van der Waals surface area contributed by atoms with E-state index in [0.29, 0.717) is 31.3 Å². The van der Waals surface area contributed by atoms with Gasteiger partial charge in [-0.2, -0.15) is 0 Å². The number of nitrogens with zero attached hydrogens (tertiary/aromatic N) is 4. The van der Waals surface area contributed by atoms with Crippen molar-refractivity contribution in [2.24, 2.45) is 5.92 Å². The summed E-state index contributed by atoms with van der Waals surface area (Å²) in [5.41, 5.74) is 2.81. The zero-order valence-electron chi connectivity index (χ0n) is 15.3. The number of rotatable bonds is 5. The Kier molecular flexibility index (Phi) is 4.89. The van der Waals surface area contributed by atoms with Crippen LogP contribution in [0.4, 0.5) is 0 Å². The van der Waals surface area contributed by atoms with Crippen molar-refractivity contribution in [2.45, 2.75) is 51.3 Å². The number of aryl methyl sites for hydroxylation is 2. The van der Waals surface area contributed by atoms with Crippen molar-refractivity contribution < 1.29 is 9.53 Å². The number of hydrogen-bond acceptors (Lipinski definition) is 5. The summed E-state index contributed by atoms with van der Waals surface area (Å²) in [6, 6.07) is 6.31. The second kappa shape index (κ2) is 7.31. The monoisotopic (exact) mass is 372 g/mol. The van der Waals surface area contributed by atoms with Gasteiger partial charge >= 0.3 is 0 Å². The van der Waals surface area contributed by atoms with Crippen LogP contribution in [0.15, 0.2) is 23.4 Å². The summed E-state index contributed by atoms with van der Waals surface area (Å²) in [4.78, 5) is 12.6. The minimum Gasteiger partial charge on any atom is -0.486 e. The maximum absolute atomic E-state index is 12.6. The fourth-order valence-corrected chi connectivity index (χ4v) is 4.39. The van der Waals surface area contributed by atoms with Crippen LogP contribution in [0, 0.1) is 5.92 Å². The minimum absolute atomic E-state index is 0.111.